The van der Waals surface area contributed by atoms with Gasteiger partial charge in [-0.3, -0.25) is 4.79 Å². The normalized spacial score (nSPS) is 9.78. The summed E-state index contributed by atoms with van der Waals surface area (Å²) in [4.78, 5) is 11.4. The topological polar surface area (TPSA) is 61.5 Å². The molecule has 0 aliphatic carbocycles. The van der Waals surface area contributed by atoms with Gasteiger partial charge in [0.1, 0.15) is 19.0 Å². The Kier molecular flexibility index (Phi) is 7.98. The Morgan fingerprint density at radius 3 is 2.48 bits per heavy atom. The molecule has 0 atom stereocenters. The number of hydrogen-bond acceptors (Lipinski definition) is 4. The van der Waals surface area contributed by atoms with Gasteiger partial charge in [0.05, 0.1) is 5.69 Å². The number of para-hydroxylation sites is 1. The molecule has 0 aromatic heterocycles. The van der Waals surface area contributed by atoms with Crippen LogP contribution in [0.4, 0.5) is 5.69 Å². The number of carbonyl (C=O) groups is 1. The number of carbonyl (C=O) groups excluding carboxylic acids is 1. The van der Waals surface area contributed by atoms with E-state index in [0.29, 0.717) is 24.5 Å². The lowest BCUT2D eigenvalue weighted by Gasteiger charge is -2.13. The Morgan fingerprint density at radius 1 is 1.04 bits per heavy atom. The van der Waals surface area contributed by atoms with Crippen molar-refractivity contribution < 1.29 is 14.3 Å². The lowest BCUT2D eigenvalue weighted by Crippen LogP contribution is -2.06. The molecule has 0 saturated heterocycles. The Labute approximate surface area is 143 Å². The Bertz CT molecular complexity index is 617. The highest BCUT2D eigenvalue weighted by atomic mass is 35.5. The zero-order valence-electron chi connectivity index (χ0n) is 13.2. The van der Waals surface area contributed by atoms with Crippen LogP contribution in [0, 0.1) is 0 Å². The number of benzene rings is 2. The van der Waals surface area contributed by atoms with Gasteiger partial charge in [-0.25, -0.2) is 0 Å². The first-order valence-corrected chi connectivity index (χ1v) is 7.40. The maximum Gasteiger partial charge on any atom is 0.306 e. The first-order chi connectivity index (χ1) is 10.7. The van der Waals surface area contributed by atoms with Crippen molar-refractivity contribution in [3.8, 4) is 5.75 Å². The summed E-state index contributed by atoms with van der Waals surface area (Å²) in [6, 6.07) is 15.4. The second kappa shape index (κ2) is 9.74. The van der Waals surface area contributed by atoms with E-state index in [1.54, 1.807) is 0 Å². The van der Waals surface area contributed by atoms with Gasteiger partial charge in [0, 0.05) is 12.0 Å². The molecule has 5 heteroatoms. The number of anilines is 1. The highest BCUT2D eigenvalue weighted by molar-refractivity contribution is 5.85. The molecule has 0 radical (unpaired) electrons. The lowest BCUT2D eigenvalue weighted by molar-refractivity contribution is -0.144. The molecule has 0 unspecified atom stereocenters. The number of rotatable bonds is 7. The molecule has 2 aromatic rings. The number of nitrogen functional groups attached to an aromatic ring is 1. The molecule has 0 heterocycles. The van der Waals surface area contributed by atoms with Gasteiger partial charge >= 0.3 is 5.97 Å². The van der Waals surface area contributed by atoms with E-state index in [-0.39, 0.29) is 25.0 Å². The van der Waals surface area contributed by atoms with Gasteiger partial charge in [0.25, 0.3) is 0 Å². The average molecular weight is 336 g/mol. The van der Waals surface area contributed by atoms with Crippen LogP contribution in [0.25, 0.3) is 0 Å². The molecule has 0 aliphatic rings. The minimum atomic E-state index is -0.211. The molecule has 0 aliphatic heterocycles. The third-order valence-electron chi connectivity index (χ3n) is 3.24. The summed E-state index contributed by atoms with van der Waals surface area (Å²) in [5.41, 5.74) is 8.44. The van der Waals surface area contributed by atoms with Gasteiger partial charge in [0.15, 0.2) is 0 Å². The highest BCUT2D eigenvalue weighted by Crippen LogP contribution is 2.26. The molecule has 0 saturated carbocycles. The van der Waals surface area contributed by atoms with Crippen LogP contribution in [0.2, 0.25) is 0 Å². The molecule has 0 fully saturated rings. The van der Waals surface area contributed by atoms with Gasteiger partial charge in [-0.2, -0.15) is 0 Å². The quantitative estimate of drug-likeness (QED) is 0.611. The average Bonchev–Trinajstić information content (AvgIpc) is 2.54. The number of nitrogens with two attached hydrogens (primary N) is 1. The van der Waals surface area contributed by atoms with Crippen molar-refractivity contribution in [3.05, 3.63) is 59.7 Å². The van der Waals surface area contributed by atoms with Crippen molar-refractivity contribution in [3.63, 3.8) is 0 Å². The van der Waals surface area contributed by atoms with Crippen molar-refractivity contribution >= 4 is 24.1 Å². The van der Waals surface area contributed by atoms with Crippen LogP contribution in [0.5, 0.6) is 5.75 Å². The maximum atomic E-state index is 11.4. The van der Waals surface area contributed by atoms with Gasteiger partial charge in [-0.15, -0.1) is 12.4 Å². The molecule has 0 amide bonds. The minimum Gasteiger partial charge on any atom is -0.487 e. The van der Waals surface area contributed by atoms with Crippen LogP contribution in [0.15, 0.2) is 48.5 Å². The second-order valence-electron chi connectivity index (χ2n) is 5.01. The van der Waals surface area contributed by atoms with E-state index in [4.69, 9.17) is 15.2 Å². The van der Waals surface area contributed by atoms with Gasteiger partial charge in [0.2, 0.25) is 0 Å². The lowest BCUT2D eigenvalue weighted by atomic mass is 10.1. The van der Waals surface area contributed by atoms with Crippen molar-refractivity contribution in [1.29, 1.82) is 0 Å². The largest absolute Gasteiger partial charge is 0.487 e. The standard InChI is InChI=1S/C18H21NO3.ClH/c1-2-7-17(20)22-13-15-10-6-11-16(18(15)19)21-12-14-8-4-3-5-9-14;/h3-6,8-11H,2,7,12-13,19H2,1H3;1H. The van der Waals surface area contributed by atoms with Gasteiger partial charge < -0.3 is 15.2 Å². The Balaban J connectivity index is 0.00000264. The van der Waals surface area contributed by atoms with E-state index < -0.39 is 0 Å². The Hall–Kier alpha value is -2.20. The number of ether oxygens (including phenoxy) is 2. The molecule has 2 aromatic carbocycles. The minimum absolute atomic E-state index is 0. The van der Waals surface area contributed by atoms with Crippen molar-refractivity contribution in [2.45, 2.75) is 33.0 Å². The smallest absolute Gasteiger partial charge is 0.306 e. The fourth-order valence-corrected chi connectivity index (χ4v) is 2.01. The summed E-state index contributed by atoms with van der Waals surface area (Å²) in [5.74, 6) is 0.394. The SMILES string of the molecule is CCCC(=O)OCc1cccc(OCc2ccccc2)c1N.Cl. The van der Waals surface area contributed by atoms with Crippen LogP contribution in [0.1, 0.15) is 30.9 Å². The van der Waals surface area contributed by atoms with Crippen molar-refractivity contribution in [1.82, 2.24) is 0 Å². The molecular weight excluding hydrogens is 314 g/mol. The summed E-state index contributed by atoms with van der Waals surface area (Å²) in [6.45, 7) is 2.56. The number of halogens is 1. The fourth-order valence-electron chi connectivity index (χ4n) is 2.01. The van der Waals surface area contributed by atoms with Crippen molar-refractivity contribution in [2.24, 2.45) is 0 Å². The monoisotopic (exact) mass is 335 g/mol. The summed E-state index contributed by atoms with van der Waals surface area (Å²) in [6.07, 6.45) is 1.19. The fraction of sp³-hybridized carbons (Fsp3) is 0.278. The van der Waals surface area contributed by atoms with E-state index in [0.717, 1.165) is 17.5 Å². The molecule has 2 rings (SSSR count). The molecule has 124 valence electrons. The van der Waals surface area contributed by atoms with Gasteiger partial charge in [-0.1, -0.05) is 49.4 Å². The molecule has 23 heavy (non-hydrogen) atoms. The molecular formula is C18H22ClNO3. The summed E-state index contributed by atoms with van der Waals surface area (Å²) in [7, 11) is 0. The summed E-state index contributed by atoms with van der Waals surface area (Å²) < 4.78 is 10.9. The summed E-state index contributed by atoms with van der Waals surface area (Å²) in [5, 5.41) is 0. The van der Waals surface area contributed by atoms with Crippen molar-refractivity contribution in [2.75, 3.05) is 5.73 Å². The van der Waals surface area contributed by atoms with Crippen LogP contribution >= 0.6 is 12.4 Å². The van der Waals surface area contributed by atoms with Crippen LogP contribution < -0.4 is 10.5 Å². The Morgan fingerprint density at radius 2 is 1.78 bits per heavy atom. The highest BCUT2D eigenvalue weighted by Gasteiger charge is 2.09. The predicted molar refractivity (Wildman–Crippen MR) is 93.6 cm³/mol. The van der Waals surface area contributed by atoms with E-state index in [1.165, 1.54) is 0 Å². The zero-order valence-corrected chi connectivity index (χ0v) is 14.0. The second-order valence-corrected chi connectivity index (χ2v) is 5.01. The van der Waals surface area contributed by atoms with Crippen LogP contribution in [-0.4, -0.2) is 5.97 Å². The maximum absolute atomic E-state index is 11.4. The van der Waals surface area contributed by atoms with Gasteiger partial charge in [-0.05, 0) is 18.1 Å². The van der Waals surface area contributed by atoms with Crippen LogP contribution in [0.3, 0.4) is 0 Å². The summed E-state index contributed by atoms with van der Waals surface area (Å²) >= 11 is 0. The van der Waals surface area contributed by atoms with E-state index >= 15 is 0 Å². The molecule has 0 spiro atoms. The first kappa shape index (κ1) is 18.8. The number of esters is 1. The zero-order chi connectivity index (χ0) is 15.8. The van der Waals surface area contributed by atoms with E-state index in [9.17, 15) is 4.79 Å². The third kappa shape index (κ3) is 5.83. The predicted octanol–water partition coefficient (Wildman–Crippen LogP) is 4.11. The van der Waals surface area contributed by atoms with E-state index in [2.05, 4.69) is 0 Å². The number of hydrogen-bond donors (Lipinski definition) is 1. The van der Waals surface area contributed by atoms with E-state index in [1.807, 2.05) is 55.5 Å². The third-order valence-corrected chi connectivity index (χ3v) is 3.24. The molecule has 2 N–H and O–H groups in total. The molecule has 0 bridgehead atoms. The molecule has 4 nitrogen and oxygen atoms in total. The first-order valence-electron chi connectivity index (χ1n) is 7.40. The van der Waals surface area contributed by atoms with Crippen LogP contribution in [-0.2, 0) is 22.7 Å².